The van der Waals surface area contributed by atoms with Crippen molar-refractivity contribution < 1.29 is 4.39 Å². The molecule has 2 aromatic rings. The molecule has 0 saturated carbocycles. The van der Waals surface area contributed by atoms with Crippen molar-refractivity contribution in [1.82, 2.24) is 9.88 Å². The van der Waals surface area contributed by atoms with Crippen LogP contribution in [-0.2, 0) is 6.54 Å². The number of hydrogen-bond acceptors (Lipinski definition) is 4. The summed E-state index contributed by atoms with van der Waals surface area (Å²) < 4.78 is 14.1. The van der Waals surface area contributed by atoms with Crippen LogP contribution in [0.5, 0.6) is 0 Å². The molecule has 1 unspecified atom stereocenters. The zero-order valence-electron chi connectivity index (χ0n) is 11.9. The number of nitrogens with two attached hydrogens (primary N) is 1. The van der Waals surface area contributed by atoms with Gasteiger partial charge in [0.2, 0.25) is 0 Å². The summed E-state index contributed by atoms with van der Waals surface area (Å²) in [4.78, 5) is 6.99. The zero-order chi connectivity index (χ0) is 14.3. The van der Waals surface area contributed by atoms with Crippen LogP contribution in [0.15, 0.2) is 18.2 Å². The SMILES string of the molecule is CC1(C)CN(Cc2nc3ccc(F)cc3s2)CCC1N. The first-order chi connectivity index (χ1) is 9.44. The minimum atomic E-state index is -0.197. The predicted molar refractivity (Wildman–Crippen MR) is 81.2 cm³/mol. The van der Waals surface area contributed by atoms with Gasteiger partial charge in [0.25, 0.3) is 0 Å². The molecule has 3 nitrogen and oxygen atoms in total. The lowest BCUT2D eigenvalue weighted by molar-refractivity contribution is 0.0899. The number of nitrogens with zero attached hydrogens (tertiary/aromatic N) is 2. The van der Waals surface area contributed by atoms with E-state index in [4.69, 9.17) is 5.73 Å². The molecule has 0 radical (unpaired) electrons. The molecule has 2 heterocycles. The Morgan fingerprint density at radius 1 is 1.50 bits per heavy atom. The molecular weight excluding hydrogens is 273 g/mol. The largest absolute Gasteiger partial charge is 0.327 e. The van der Waals surface area contributed by atoms with Crippen molar-refractivity contribution in [2.24, 2.45) is 11.1 Å². The highest BCUT2D eigenvalue weighted by Gasteiger charge is 2.33. The van der Waals surface area contributed by atoms with Gasteiger partial charge in [-0.25, -0.2) is 9.37 Å². The van der Waals surface area contributed by atoms with E-state index in [1.54, 1.807) is 23.5 Å². The monoisotopic (exact) mass is 293 g/mol. The average Bonchev–Trinajstić information content (AvgIpc) is 2.75. The van der Waals surface area contributed by atoms with Crippen LogP contribution in [0.4, 0.5) is 4.39 Å². The van der Waals surface area contributed by atoms with E-state index in [1.165, 1.54) is 6.07 Å². The topological polar surface area (TPSA) is 42.2 Å². The van der Waals surface area contributed by atoms with Crippen LogP contribution < -0.4 is 5.73 Å². The molecule has 0 spiro atoms. The second-order valence-electron chi connectivity index (χ2n) is 6.31. The molecule has 0 bridgehead atoms. The highest BCUT2D eigenvalue weighted by Crippen LogP contribution is 2.30. The zero-order valence-corrected chi connectivity index (χ0v) is 12.7. The van der Waals surface area contributed by atoms with Crippen molar-refractivity contribution >= 4 is 21.6 Å². The second kappa shape index (κ2) is 5.06. The Kier molecular flexibility index (Phi) is 3.52. The molecule has 1 aromatic heterocycles. The predicted octanol–water partition coefficient (Wildman–Crippen LogP) is 2.99. The van der Waals surface area contributed by atoms with E-state index >= 15 is 0 Å². The maximum atomic E-state index is 13.2. The van der Waals surface area contributed by atoms with Crippen LogP contribution >= 0.6 is 11.3 Å². The lowest BCUT2D eigenvalue weighted by Crippen LogP contribution is -2.52. The van der Waals surface area contributed by atoms with Gasteiger partial charge in [-0.05, 0) is 30.0 Å². The third-order valence-electron chi connectivity index (χ3n) is 4.14. The third kappa shape index (κ3) is 2.71. The van der Waals surface area contributed by atoms with Crippen LogP contribution in [0.2, 0.25) is 0 Å². The number of hydrogen-bond donors (Lipinski definition) is 1. The van der Waals surface area contributed by atoms with Crippen LogP contribution in [0.1, 0.15) is 25.3 Å². The normalized spacial score (nSPS) is 23.3. The maximum absolute atomic E-state index is 13.2. The van der Waals surface area contributed by atoms with E-state index in [2.05, 4.69) is 23.7 Å². The van der Waals surface area contributed by atoms with E-state index in [1.807, 2.05) is 0 Å². The molecule has 1 fully saturated rings. The van der Waals surface area contributed by atoms with Crippen molar-refractivity contribution in [3.63, 3.8) is 0 Å². The molecule has 5 heteroatoms. The van der Waals surface area contributed by atoms with Gasteiger partial charge in [0, 0.05) is 19.1 Å². The minimum Gasteiger partial charge on any atom is -0.327 e. The number of thiazole rings is 1. The number of halogens is 1. The standard InChI is InChI=1S/C15H20FN3S/c1-15(2)9-19(6-5-13(15)17)8-14-18-11-4-3-10(16)7-12(11)20-14/h3-4,7,13H,5-6,8-9,17H2,1-2H3. The van der Waals surface area contributed by atoms with Gasteiger partial charge in [0.15, 0.2) is 0 Å². The minimum absolute atomic E-state index is 0.140. The first kappa shape index (κ1) is 13.9. The van der Waals surface area contributed by atoms with E-state index in [9.17, 15) is 4.39 Å². The van der Waals surface area contributed by atoms with Crippen molar-refractivity contribution in [2.45, 2.75) is 32.9 Å². The molecule has 20 heavy (non-hydrogen) atoms. The fourth-order valence-electron chi connectivity index (χ4n) is 2.83. The van der Waals surface area contributed by atoms with Gasteiger partial charge in [0.05, 0.1) is 16.8 Å². The fraction of sp³-hybridized carbons (Fsp3) is 0.533. The van der Waals surface area contributed by atoms with Crippen LogP contribution in [0.25, 0.3) is 10.2 Å². The first-order valence-electron chi connectivity index (χ1n) is 6.97. The molecule has 1 saturated heterocycles. The van der Waals surface area contributed by atoms with Crippen molar-refractivity contribution in [1.29, 1.82) is 0 Å². The van der Waals surface area contributed by atoms with Crippen LogP contribution in [0.3, 0.4) is 0 Å². The van der Waals surface area contributed by atoms with Gasteiger partial charge in [-0.3, -0.25) is 4.90 Å². The highest BCUT2D eigenvalue weighted by atomic mass is 32.1. The van der Waals surface area contributed by atoms with E-state index < -0.39 is 0 Å². The Labute approximate surface area is 122 Å². The quantitative estimate of drug-likeness (QED) is 0.925. The van der Waals surface area contributed by atoms with E-state index in [0.717, 1.165) is 41.3 Å². The molecule has 2 N–H and O–H groups in total. The molecule has 108 valence electrons. The first-order valence-corrected chi connectivity index (χ1v) is 7.79. The van der Waals surface area contributed by atoms with Crippen LogP contribution in [0, 0.1) is 11.2 Å². The Balaban J connectivity index is 1.76. The van der Waals surface area contributed by atoms with Gasteiger partial charge in [0.1, 0.15) is 10.8 Å². The summed E-state index contributed by atoms with van der Waals surface area (Å²) in [5, 5.41) is 1.05. The molecule has 1 atom stereocenters. The third-order valence-corrected chi connectivity index (χ3v) is 5.15. The Morgan fingerprint density at radius 3 is 3.05 bits per heavy atom. The summed E-state index contributed by atoms with van der Waals surface area (Å²) in [6.07, 6.45) is 1.02. The number of rotatable bonds is 2. The van der Waals surface area contributed by atoms with E-state index in [0.29, 0.717) is 0 Å². The second-order valence-corrected chi connectivity index (χ2v) is 7.43. The number of fused-ring (bicyclic) bond motifs is 1. The summed E-state index contributed by atoms with van der Waals surface area (Å²) in [6, 6.07) is 5.05. The number of likely N-dealkylation sites (tertiary alicyclic amines) is 1. The Bertz CT molecular complexity index is 623. The lowest BCUT2D eigenvalue weighted by atomic mass is 9.80. The van der Waals surface area contributed by atoms with Crippen molar-refractivity contribution in [3.05, 3.63) is 29.0 Å². The van der Waals surface area contributed by atoms with Gasteiger partial charge >= 0.3 is 0 Å². The lowest BCUT2D eigenvalue weighted by Gasteiger charge is -2.42. The number of aromatic nitrogens is 1. The smallest absolute Gasteiger partial charge is 0.124 e. The molecule has 0 amide bonds. The summed E-state index contributed by atoms with van der Waals surface area (Å²) in [5.74, 6) is -0.197. The van der Waals surface area contributed by atoms with Crippen molar-refractivity contribution in [3.8, 4) is 0 Å². The Morgan fingerprint density at radius 2 is 2.30 bits per heavy atom. The summed E-state index contributed by atoms with van der Waals surface area (Å²) in [6.45, 7) is 7.26. The molecule has 1 aliphatic rings. The van der Waals surface area contributed by atoms with Crippen molar-refractivity contribution in [2.75, 3.05) is 13.1 Å². The maximum Gasteiger partial charge on any atom is 0.124 e. The van der Waals surface area contributed by atoms with Gasteiger partial charge in [-0.15, -0.1) is 11.3 Å². The summed E-state index contributed by atoms with van der Waals surface area (Å²) in [7, 11) is 0. The Hall–Kier alpha value is -1.04. The van der Waals surface area contributed by atoms with Gasteiger partial charge < -0.3 is 5.73 Å². The summed E-state index contributed by atoms with van der Waals surface area (Å²) >= 11 is 1.58. The fourth-order valence-corrected chi connectivity index (χ4v) is 3.86. The highest BCUT2D eigenvalue weighted by molar-refractivity contribution is 7.18. The van der Waals surface area contributed by atoms with Gasteiger partial charge in [-0.1, -0.05) is 13.8 Å². The molecule has 3 rings (SSSR count). The molecule has 1 aromatic carbocycles. The number of benzene rings is 1. The van der Waals surface area contributed by atoms with Crippen LogP contribution in [-0.4, -0.2) is 29.0 Å². The average molecular weight is 293 g/mol. The summed E-state index contributed by atoms with van der Waals surface area (Å²) in [5.41, 5.74) is 7.19. The molecular formula is C15H20FN3S. The van der Waals surface area contributed by atoms with E-state index in [-0.39, 0.29) is 17.3 Å². The number of piperidine rings is 1. The molecule has 0 aliphatic carbocycles. The van der Waals surface area contributed by atoms with Gasteiger partial charge in [-0.2, -0.15) is 0 Å². The molecule has 1 aliphatic heterocycles.